The molecule has 1 unspecified atom stereocenters. The van der Waals surface area contributed by atoms with E-state index in [0.717, 1.165) is 12.0 Å². The van der Waals surface area contributed by atoms with Crippen LogP contribution < -0.4 is 20.3 Å². The first kappa shape index (κ1) is 23.7. The molecular weight excluding hydrogens is 402 g/mol. The second kappa shape index (κ2) is 12.2. The minimum absolute atomic E-state index is 0.119. The standard InChI is InChI=1S/C21H24ClN3O3.C2H6/c1-2-10-24-21(27)19-14-25(17-8-3-4-9-18(17)28-19)20(26)13-23-12-15-6-5-7-16(22)11-15;1-2/h3-9,11,19,23H,2,10,12-14H2,1H3,(H,24,27);1-2H3. The van der Waals surface area contributed by atoms with E-state index < -0.39 is 6.10 Å². The van der Waals surface area contributed by atoms with Crippen LogP contribution in [-0.4, -0.2) is 37.6 Å². The summed E-state index contributed by atoms with van der Waals surface area (Å²) >= 11 is 5.99. The highest BCUT2D eigenvalue weighted by atomic mass is 35.5. The van der Waals surface area contributed by atoms with Crippen LogP contribution >= 0.6 is 11.6 Å². The maximum absolute atomic E-state index is 12.9. The summed E-state index contributed by atoms with van der Waals surface area (Å²) in [4.78, 5) is 26.8. The topological polar surface area (TPSA) is 70.7 Å². The van der Waals surface area contributed by atoms with Gasteiger partial charge in [0, 0.05) is 18.1 Å². The van der Waals surface area contributed by atoms with E-state index in [4.69, 9.17) is 16.3 Å². The number of anilines is 1. The van der Waals surface area contributed by atoms with Crippen LogP contribution in [0.3, 0.4) is 0 Å². The van der Waals surface area contributed by atoms with Gasteiger partial charge in [-0.1, -0.05) is 56.6 Å². The number of nitrogens with zero attached hydrogens (tertiary/aromatic N) is 1. The molecule has 1 aliphatic rings. The Morgan fingerprint density at radius 2 is 1.93 bits per heavy atom. The lowest BCUT2D eigenvalue weighted by Crippen LogP contribution is -2.52. The number of para-hydroxylation sites is 2. The number of fused-ring (bicyclic) bond motifs is 1. The summed E-state index contributed by atoms with van der Waals surface area (Å²) < 4.78 is 5.82. The average molecular weight is 432 g/mol. The van der Waals surface area contributed by atoms with Crippen LogP contribution in [0.2, 0.25) is 5.02 Å². The Hall–Kier alpha value is -2.57. The molecule has 6 nitrogen and oxygen atoms in total. The lowest BCUT2D eigenvalue weighted by atomic mass is 10.1. The van der Waals surface area contributed by atoms with Crippen molar-refractivity contribution in [3.8, 4) is 5.75 Å². The first-order chi connectivity index (χ1) is 14.6. The quantitative estimate of drug-likeness (QED) is 0.700. The first-order valence-electron chi connectivity index (χ1n) is 10.4. The summed E-state index contributed by atoms with van der Waals surface area (Å²) in [6, 6.07) is 14.8. The number of hydrogen-bond donors (Lipinski definition) is 2. The summed E-state index contributed by atoms with van der Waals surface area (Å²) in [6.45, 7) is 7.42. The van der Waals surface area contributed by atoms with Gasteiger partial charge in [0.1, 0.15) is 5.75 Å². The van der Waals surface area contributed by atoms with Crippen molar-refractivity contribution in [2.75, 3.05) is 24.5 Å². The third-order valence-electron chi connectivity index (χ3n) is 4.41. The molecule has 1 atom stereocenters. The third kappa shape index (κ3) is 6.47. The Labute approximate surface area is 183 Å². The van der Waals surface area contributed by atoms with Gasteiger partial charge in [0.2, 0.25) is 5.91 Å². The van der Waals surface area contributed by atoms with Crippen LogP contribution in [-0.2, 0) is 16.1 Å². The van der Waals surface area contributed by atoms with E-state index in [9.17, 15) is 9.59 Å². The molecule has 0 fully saturated rings. The number of halogens is 1. The van der Waals surface area contributed by atoms with Gasteiger partial charge in [0.25, 0.3) is 5.91 Å². The molecule has 2 aromatic carbocycles. The summed E-state index contributed by atoms with van der Waals surface area (Å²) in [6.07, 6.45) is 0.115. The van der Waals surface area contributed by atoms with E-state index in [-0.39, 0.29) is 24.9 Å². The van der Waals surface area contributed by atoms with Crippen LogP contribution in [0.15, 0.2) is 48.5 Å². The van der Waals surface area contributed by atoms with Gasteiger partial charge in [-0.05, 0) is 36.2 Å². The summed E-state index contributed by atoms with van der Waals surface area (Å²) in [5, 5.41) is 6.64. The maximum Gasteiger partial charge on any atom is 0.262 e. The Balaban J connectivity index is 0.00000155. The van der Waals surface area contributed by atoms with Gasteiger partial charge in [-0.15, -0.1) is 0 Å². The highest BCUT2D eigenvalue weighted by Crippen LogP contribution is 2.33. The van der Waals surface area contributed by atoms with E-state index in [0.29, 0.717) is 29.5 Å². The molecule has 0 bridgehead atoms. The van der Waals surface area contributed by atoms with E-state index in [1.54, 1.807) is 11.0 Å². The second-order valence-electron chi connectivity index (χ2n) is 6.60. The van der Waals surface area contributed by atoms with Crippen molar-refractivity contribution in [2.24, 2.45) is 0 Å². The number of benzene rings is 2. The van der Waals surface area contributed by atoms with Crippen molar-refractivity contribution in [3.63, 3.8) is 0 Å². The van der Waals surface area contributed by atoms with Gasteiger partial charge in [0.15, 0.2) is 6.10 Å². The predicted octanol–water partition coefficient (Wildman–Crippen LogP) is 3.78. The van der Waals surface area contributed by atoms with Crippen molar-refractivity contribution >= 4 is 29.1 Å². The van der Waals surface area contributed by atoms with Crippen molar-refractivity contribution in [1.82, 2.24) is 10.6 Å². The number of rotatable bonds is 7. The minimum Gasteiger partial charge on any atom is -0.477 e. The maximum atomic E-state index is 12.9. The molecule has 0 radical (unpaired) electrons. The molecule has 0 spiro atoms. The molecule has 3 rings (SSSR count). The highest BCUT2D eigenvalue weighted by molar-refractivity contribution is 6.30. The highest BCUT2D eigenvalue weighted by Gasteiger charge is 2.33. The molecule has 162 valence electrons. The van der Waals surface area contributed by atoms with Crippen molar-refractivity contribution < 1.29 is 14.3 Å². The van der Waals surface area contributed by atoms with Crippen LogP contribution in [0.5, 0.6) is 5.75 Å². The van der Waals surface area contributed by atoms with E-state index in [1.807, 2.05) is 63.2 Å². The Morgan fingerprint density at radius 1 is 1.17 bits per heavy atom. The Bertz CT molecular complexity index is 844. The number of amides is 2. The van der Waals surface area contributed by atoms with E-state index in [2.05, 4.69) is 10.6 Å². The van der Waals surface area contributed by atoms with Crippen molar-refractivity contribution in [2.45, 2.75) is 39.8 Å². The molecule has 0 aromatic heterocycles. The van der Waals surface area contributed by atoms with E-state index in [1.165, 1.54) is 0 Å². The van der Waals surface area contributed by atoms with Crippen LogP contribution in [0.25, 0.3) is 0 Å². The monoisotopic (exact) mass is 431 g/mol. The molecule has 0 saturated heterocycles. The van der Waals surface area contributed by atoms with Crippen LogP contribution in [0.1, 0.15) is 32.8 Å². The van der Waals surface area contributed by atoms with Crippen molar-refractivity contribution in [3.05, 3.63) is 59.1 Å². The summed E-state index contributed by atoms with van der Waals surface area (Å²) in [5.41, 5.74) is 1.68. The second-order valence-corrected chi connectivity index (χ2v) is 7.04. The molecule has 2 aromatic rings. The normalized spacial score (nSPS) is 14.7. The number of nitrogens with one attached hydrogen (secondary N) is 2. The fourth-order valence-electron chi connectivity index (χ4n) is 3.03. The Morgan fingerprint density at radius 3 is 2.67 bits per heavy atom. The fourth-order valence-corrected chi connectivity index (χ4v) is 3.24. The number of carbonyl (C=O) groups excluding carboxylic acids is 2. The zero-order valence-corrected chi connectivity index (χ0v) is 18.5. The molecular formula is C23H30ClN3O3. The van der Waals surface area contributed by atoms with Gasteiger partial charge in [-0.3, -0.25) is 9.59 Å². The van der Waals surface area contributed by atoms with Crippen LogP contribution in [0.4, 0.5) is 5.69 Å². The van der Waals surface area contributed by atoms with Crippen LogP contribution in [0, 0.1) is 0 Å². The molecule has 2 N–H and O–H groups in total. The van der Waals surface area contributed by atoms with Gasteiger partial charge in [-0.25, -0.2) is 0 Å². The minimum atomic E-state index is -0.724. The SMILES string of the molecule is CC.CCCNC(=O)C1CN(C(=O)CNCc2cccc(Cl)c2)c2ccccc2O1. The molecule has 30 heavy (non-hydrogen) atoms. The molecule has 1 aliphatic heterocycles. The molecule has 7 heteroatoms. The third-order valence-corrected chi connectivity index (χ3v) is 4.65. The van der Waals surface area contributed by atoms with Gasteiger partial charge in [0.05, 0.1) is 18.8 Å². The average Bonchev–Trinajstić information content (AvgIpc) is 2.78. The van der Waals surface area contributed by atoms with Gasteiger partial charge in [-0.2, -0.15) is 0 Å². The number of carbonyl (C=O) groups is 2. The zero-order chi connectivity index (χ0) is 21.9. The van der Waals surface area contributed by atoms with E-state index >= 15 is 0 Å². The zero-order valence-electron chi connectivity index (χ0n) is 17.8. The molecule has 0 aliphatic carbocycles. The fraction of sp³-hybridized carbons (Fsp3) is 0.391. The predicted molar refractivity (Wildman–Crippen MR) is 121 cm³/mol. The lowest BCUT2D eigenvalue weighted by molar-refractivity contribution is -0.128. The smallest absolute Gasteiger partial charge is 0.262 e. The number of hydrogen-bond acceptors (Lipinski definition) is 4. The molecule has 0 saturated carbocycles. The summed E-state index contributed by atoms with van der Waals surface area (Å²) in [5.74, 6) is 0.209. The van der Waals surface area contributed by atoms with Gasteiger partial charge < -0.3 is 20.3 Å². The summed E-state index contributed by atoms with van der Waals surface area (Å²) in [7, 11) is 0. The lowest BCUT2D eigenvalue weighted by Gasteiger charge is -2.34. The number of ether oxygens (including phenoxy) is 1. The van der Waals surface area contributed by atoms with Crippen molar-refractivity contribution in [1.29, 1.82) is 0 Å². The molecule has 1 heterocycles. The molecule has 2 amide bonds. The first-order valence-corrected chi connectivity index (χ1v) is 10.7. The Kier molecular flexibility index (Phi) is 9.64. The van der Waals surface area contributed by atoms with Gasteiger partial charge >= 0.3 is 0 Å². The largest absolute Gasteiger partial charge is 0.477 e.